The van der Waals surface area contributed by atoms with Gasteiger partial charge in [-0.2, -0.15) is 0 Å². The number of hydrogen-bond acceptors (Lipinski definition) is 1. The smallest absolute Gasteiger partial charge is 0.0180 e. The summed E-state index contributed by atoms with van der Waals surface area (Å²) < 4.78 is 0. The van der Waals surface area contributed by atoms with Gasteiger partial charge >= 0.3 is 0 Å². The van der Waals surface area contributed by atoms with Crippen molar-refractivity contribution in [2.45, 2.75) is 72.4 Å². The van der Waals surface area contributed by atoms with Crippen LogP contribution < -0.4 is 0 Å². The molecule has 0 spiro atoms. The minimum absolute atomic E-state index is 0.336. The lowest BCUT2D eigenvalue weighted by molar-refractivity contribution is 0.0377. The molecule has 0 aromatic rings. The molecule has 1 heterocycles. The molecule has 1 heteroatoms. The summed E-state index contributed by atoms with van der Waals surface area (Å²) in [7, 11) is 0. The second-order valence-electron chi connectivity index (χ2n) is 7.99. The van der Waals surface area contributed by atoms with Crippen LogP contribution in [0.3, 0.4) is 0 Å². The molecule has 2 aliphatic rings. The van der Waals surface area contributed by atoms with Crippen LogP contribution in [0, 0.1) is 17.3 Å². The second kappa shape index (κ2) is 3.73. The van der Waals surface area contributed by atoms with Crippen LogP contribution in [0.25, 0.3) is 0 Å². The van der Waals surface area contributed by atoms with E-state index >= 15 is 0 Å². The van der Waals surface area contributed by atoms with Crippen LogP contribution in [0.15, 0.2) is 0 Å². The average molecular weight is 223 g/mol. The fourth-order valence-corrected chi connectivity index (χ4v) is 4.11. The molecule has 1 aliphatic carbocycles. The topological polar surface area (TPSA) is 3.24 Å². The third-order valence-electron chi connectivity index (χ3n) is 4.64. The maximum atomic E-state index is 2.79. The van der Waals surface area contributed by atoms with E-state index in [-0.39, 0.29) is 0 Å². The van der Waals surface area contributed by atoms with Gasteiger partial charge in [-0.1, -0.05) is 27.2 Å². The molecule has 2 fully saturated rings. The van der Waals surface area contributed by atoms with Gasteiger partial charge in [0.2, 0.25) is 0 Å². The first-order valence-corrected chi connectivity index (χ1v) is 6.98. The van der Waals surface area contributed by atoms with Gasteiger partial charge in [0.05, 0.1) is 0 Å². The van der Waals surface area contributed by atoms with E-state index in [4.69, 9.17) is 0 Å². The van der Waals surface area contributed by atoms with E-state index in [0.717, 1.165) is 17.9 Å². The van der Waals surface area contributed by atoms with Crippen LogP contribution in [0.5, 0.6) is 0 Å². The zero-order chi connectivity index (χ0) is 12.1. The Bertz CT molecular complexity index is 256. The standard InChI is InChI=1S/C15H29N/c1-14(2,3)13-12-9-7-8-11(12)10-16(13)15(4,5)6/h11-13H,7-10H2,1-6H3/t11-,12-,13?/m0/s1. The van der Waals surface area contributed by atoms with E-state index in [2.05, 4.69) is 46.4 Å². The molecule has 1 saturated heterocycles. The van der Waals surface area contributed by atoms with Crippen molar-refractivity contribution in [3.05, 3.63) is 0 Å². The van der Waals surface area contributed by atoms with Gasteiger partial charge in [-0.3, -0.25) is 4.90 Å². The highest BCUT2D eigenvalue weighted by Crippen LogP contribution is 2.49. The minimum Gasteiger partial charge on any atom is -0.294 e. The normalized spacial score (nSPS) is 36.8. The predicted molar refractivity (Wildman–Crippen MR) is 70.5 cm³/mol. The van der Waals surface area contributed by atoms with Crippen LogP contribution in [0.1, 0.15) is 60.8 Å². The molecule has 0 bridgehead atoms. The lowest BCUT2D eigenvalue weighted by Gasteiger charge is -2.45. The van der Waals surface area contributed by atoms with E-state index < -0.39 is 0 Å². The summed E-state index contributed by atoms with van der Waals surface area (Å²) in [4.78, 5) is 2.79. The first kappa shape index (κ1) is 12.4. The lowest BCUT2D eigenvalue weighted by atomic mass is 9.77. The maximum Gasteiger partial charge on any atom is 0.0180 e. The van der Waals surface area contributed by atoms with Crippen molar-refractivity contribution in [1.82, 2.24) is 4.90 Å². The largest absolute Gasteiger partial charge is 0.294 e. The van der Waals surface area contributed by atoms with Gasteiger partial charge in [0.25, 0.3) is 0 Å². The second-order valence-corrected chi connectivity index (χ2v) is 7.99. The molecule has 1 nitrogen and oxygen atoms in total. The Hall–Kier alpha value is -0.0400. The summed E-state index contributed by atoms with van der Waals surface area (Å²) in [5, 5.41) is 0. The molecule has 0 radical (unpaired) electrons. The highest BCUT2D eigenvalue weighted by atomic mass is 15.3. The molecule has 16 heavy (non-hydrogen) atoms. The molecule has 0 aromatic heterocycles. The zero-order valence-corrected chi connectivity index (χ0v) is 12.0. The first-order chi connectivity index (χ1) is 7.21. The van der Waals surface area contributed by atoms with Gasteiger partial charge < -0.3 is 0 Å². The fourth-order valence-electron chi connectivity index (χ4n) is 4.11. The van der Waals surface area contributed by atoms with Gasteiger partial charge in [-0.15, -0.1) is 0 Å². The molecule has 1 saturated carbocycles. The van der Waals surface area contributed by atoms with Crippen molar-refractivity contribution in [2.75, 3.05) is 6.54 Å². The SMILES string of the molecule is CC(C)(C)C1[C@H]2CCC[C@H]2CN1C(C)(C)C. The van der Waals surface area contributed by atoms with Gasteiger partial charge in [-0.25, -0.2) is 0 Å². The Kier molecular flexibility index (Phi) is 2.89. The maximum absolute atomic E-state index is 2.79. The first-order valence-electron chi connectivity index (χ1n) is 6.98. The summed E-state index contributed by atoms with van der Waals surface area (Å²) in [6.07, 6.45) is 4.42. The third kappa shape index (κ3) is 2.03. The summed E-state index contributed by atoms with van der Waals surface area (Å²) >= 11 is 0. The Labute approximate surface area is 102 Å². The van der Waals surface area contributed by atoms with Gasteiger partial charge in [0.1, 0.15) is 0 Å². The van der Waals surface area contributed by atoms with Crippen LogP contribution in [0.4, 0.5) is 0 Å². The van der Waals surface area contributed by atoms with Crippen LogP contribution in [-0.4, -0.2) is 23.0 Å². The molecular weight excluding hydrogens is 194 g/mol. The number of nitrogens with zero attached hydrogens (tertiary/aromatic N) is 1. The van der Waals surface area contributed by atoms with E-state index in [1.165, 1.54) is 25.8 Å². The zero-order valence-electron chi connectivity index (χ0n) is 12.0. The monoisotopic (exact) mass is 223 g/mol. The molecule has 2 rings (SSSR count). The highest BCUT2D eigenvalue weighted by Gasteiger charge is 2.51. The molecule has 94 valence electrons. The molecule has 0 aromatic carbocycles. The molecule has 3 atom stereocenters. The quantitative estimate of drug-likeness (QED) is 0.601. The number of rotatable bonds is 0. The predicted octanol–water partition coefficient (Wildman–Crippen LogP) is 3.93. The average Bonchev–Trinajstić information content (AvgIpc) is 2.53. The number of fused-ring (bicyclic) bond motifs is 1. The van der Waals surface area contributed by atoms with Crippen molar-refractivity contribution in [1.29, 1.82) is 0 Å². The van der Waals surface area contributed by atoms with E-state index in [0.29, 0.717) is 11.0 Å². The minimum atomic E-state index is 0.336. The Morgan fingerprint density at radius 2 is 1.56 bits per heavy atom. The van der Waals surface area contributed by atoms with Crippen molar-refractivity contribution in [3.8, 4) is 0 Å². The third-order valence-corrected chi connectivity index (χ3v) is 4.64. The Morgan fingerprint density at radius 1 is 0.938 bits per heavy atom. The Morgan fingerprint density at radius 3 is 2.06 bits per heavy atom. The molecule has 1 unspecified atom stereocenters. The van der Waals surface area contributed by atoms with Crippen molar-refractivity contribution in [3.63, 3.8) is 0 Å². The number of likely N-dealkylation sites (tertiary alicyclic amines) is 1. The molecule has 0 N–H and O–H groups in total. The molecular formula is C15H29N. The van der Waals surface area contributed by atoms with Crippen LogP contribution in [0.2, 0.25) is 0 Å². The van der Waals surface area contributed by atoms with Gasteiger partial charge in [-0.05, 0) is 50.9 Å². The van der Waals surface area contributed by atoms with Crippen molar-refractivity contribution < 1.29 is 0 Å². The molecule has 1 aliphatic heterocycles. The summed E-state index contributed by atoms with van der Waals surface area (Å²) in [6, 6.07) is 0.792. The van der Waals surface area contributed by atoms with E-state index in [1.807, 2.05) is 0 Å². The summed E-state index contributed by atoms with van der Waals surface area (Å²) in [6.45, 7) is 15.8. The lowest BCUT2D eigenvalue weighted by Crippen LogP contribution is -2.51. The van der Waals surface area contributed by atoms with E-state index in [9.17, 15) is 0 Å². The van der Waals surface area contributed by atoms with Gasteiger partial charge in [0.15, 0.2) is 0 Å². The Balaban J connectivity index is 2.27. The summed E-state index contributed by atoms with van der Waals surface area (Å²) in [5.74, 6) is 1.96. The summed E-state index contributed by atoms with van der Waals surface area (Å²) in [5.41, 5.74) is 0.763. The van der Waals surface area contributed by atoms with Gasteiger partial charge in [0, 0.05) is 18.1 Å². The van der Waals surface area contributed by atoms with Crippen LogP contribution in [-0.2, 0) is 0 Å². The molecule has 0 amide bonds. The van der Waals surface area contributed by atoms with Crippen molar-refractivity contribution in [2.24, 2.45) is 17.3 Å². The fraction of sp³-hybridized carbons (Fsp3) is 1.00. The van der Waals surface area contributed by atoms with Crippen LogP contribution >= 0.6 is 0 Å². The number of hydrogen-bond donors (Lipinski definition) is 0. The highest BCUT2D eigenvalue weighted by molar-refractivity contribution is 5.04. The van der Waals surface area contributed by atoms with Crippen molar-refractivity contribution >= 4 is 0 Å². The van der Waals surface area contributed by atoms with E-state index in [1.54, 1.807) is 0 Å².